The summed E-state index contributed by atoms with van der Waals surface area (Å²) in [6.07, 6.45) is 1.70. The first kappa shape index (κ1) is 22.2. The van der Waals surface area contributed by atoms with Crippen molar-refractivity contribution in [2.75, 3.05) is 12.0 Å². The number of amides is 1. The third-order valence-corrected chi connectivity index (χ3v) is 7.56. The lowest BCUT2D eigenvalue weighted by atomic mass is 10.1. The Hall–Kier alpha value is -2.47. The number of benzene rings is 2. The first-order chi connectivity index (χ1) is 14.1. The lowest BCUT2D eigenvalue weighted by Gasteiger charge is -2.12. The molecule has 1 aliphatic carbocycles. The number of nitrogens with one attached hydrogen (secondary N) is 4. The van der Waals surface area contributed by atoms with Crippen LogP contribution in [-0.2, 0) is 20.0 Å². The molecule has 11 heteroatoms. The molecule has 0 spiro atoms. The Morgan fingerprint density at radius 1 is 0.967 bits per heavy atom. The van der Waals surface area contributed by atoms with Gasteiger partial charge in [-0.15, -0.1) is 0 Å². The number of carbonyl (C=O) groups excluding carboxylic acids is 1. The van der Waals surface area contributed by atoms with E-state index in [1.165, 1.54) is 36.4 Å². The fourth-order valence-corrected chi connectivity index (χ4v) is 5.06. The standard InChI is InChI=1S/C19H24N4O5S2/c1-3-20-29(25,26)17-9-4-13(2)18(12-17)19(24)22-21-14-7-10-16(11-8-14)30(27,28)23-15-5-6-15/h4,7-12,15,20-21,23H,3,5-6H2,1-2H3,(H,22,24). The first-order valence-electron chi connectivity index (χ1n) is 9.41. The van der Waals surface area contributed by atoms with Crippen LogP contribution >= 0.6 is 0 Å². The summed E-state index contributed by atoms with van der Waals surface area (Å²) in [6.45, 7) is 3.61. The van der Waals surface area contributed by atoms with Gasteiger partial charge in [-0.05, 0) is 61.7 Å². The predicted octanol–water partition coefficient (Wildman–Crippen LogP) is 1.49. The van der Waals surface area contributed by atoms with E-state index in [0.29, 0.717) is 11.3 Å². The van der Waals surface area contributed by atoms with Gasteiger partial charge in [-0.1, -0.05) is 13.0 Å². The van der Waals surface area contributed by atoms with Crippen molar-refractivity contribution in [2.24, 2.45) is 0 Å². The molecule has 9 nitrogen and oxygen atoms in total. The van der Waals surface area contributed by atoms with Crippen LogP contribution in [0.4, 0.5) is 5.69 Å². The average Bonchev–Trinajstić information content (AvgIpc) is 3.50. The van der Waals surface area contributed by atoms with Crippen LogP contribution < -0.4 is 20.3 Å². The van der Waals surface area contributed by atoms with Gasteiger partial charge >= 0.3 is 0 Å². The zero-order valence-electron chi connectivity index (χ0n) is 16.6. The van der Waals surface area contributed by atoms with E-state index in [-0.39, 0.29) is 27.9 Å². The van der Waals surface area contributed by atoms with Gasteiger partial charge in [-0.2, -0.15) is 0 Å². The predicted molar refractivity (Wildman–Crippen MR) is 113 cm³/mol. The van der Waals surface area contributed by atoms with E-state index < -0.39 is 26.0 Å². The van der Waals surface area contributed by atoms with Gasteiger partial charge in [-0.3, -0.25) is 15.6 Å². The van der Waals surface area contributed by atoms with Crippen molar-refractivity contribution >= 4 is 31.6 Å². The van der Waals surface area contributed by atoms with Gasteiger partial charge in [-0.25, -0.2) is 26.3 Å². The Morgan fingerprint density at radius 3 is 2.20 bits per heavy atom. The third-order valence-electron chi connectivity index (χ3n) is 4.48. The summed E-state index contributed by atoms with van der Waals surface area (Å²) in [5.41, 5.74) is 6.49. The normalized spacial score (nSPS) is 14.3. The zero-order valence-corrected chi connectivity index (χ0v) is 18.2. The molecule has 0 saturated heterocycles. The second kappa shape index (κ2) is 8.72. The van der Waals surface area contributed by atoms with Crippen molar-refractivity contribution in [1.29, 1.82) is 0 Å². The summed E-state index contributed by atoms with van der Waals surface area (Å²) >= 11 is 0. The molecule has 4 N–H and O–H groups in total. The maximum atomic E-state index is 12.5. The molecule has 3 rings (SSSR count). The van der Waals surface area contributed by atoms with Crippen LogP contribution in [0.15, 0.2) is 52.3 Å². The van der Waals surface area contributed by atoms with Crippen LogP contribution in [0.5, 0.6) is 0 Å². The minimum atomic E-state index is -3.69. The third kappa shape index (κ3) is 5.36. The van der Waals surface area contributed by atoms with E-state index in [9.17, 15) is 21.6 Å². The van der Waals surface area contributed by atoms with Crippen molar-refractivity contribution in [3.05, 3.63) is 53.6 Å². The molecule has 0 aliphatic heterocycles. The minimum absolute atomic E-state index is 0.00202. The van der Waals surface area contributed by atoms with Crippen molar-refractivity contribution in [3.63, 3.8) is 0 Å². The van der Waals surface area contributed by atoms with Crippen LogP contribution in [0.1, 0.15) is 35.7 Å². The van der Waals surface area contributed by atoms with E-state index in [0.717, 1.165) is 12.8 Å². The molecule has 0 bridgehead atoms. The molecular formula is C19H24N4O5S2. The molecule has 1 fully saturated rings. The number of hydrogen-bond acceptors (Lipinski definition) is 6. The molecular weight excluding hydrogens is 428 g/mol. The van der Waals surface area contributed by atoms with E-state index in [2.05, 4.69) is 20.3 Å². The molecule has 2 aromatic rings. The zero-order chi connectivity index (χ0) is 21.9. The molecule has 0 radical (unpaired) electrons. The summed E-state index contributed by atoms with van der Waals surface area (Å²) < 4.78 is 53.7. The van der Waals surface area contributed by atoms with Gasteiger partial charge < -0.3 is 0 Å². The summed E-state index contributed by atoms with van der Waals surface area (Å²) in [4.78, 5) is 12.7. The van der Waals surface area contributed by atoms with Crippen LogP contribution in [-0.4, -0.2) is 35.3 Å². The Kier molecular flexibility index (Phi) is 6.46. The number of rotatable bonds is 9. The molecule has 0 aromatic heterocycles. The molecule has 2 aromatic carbocycles. The van der Waals surface area contributed by atoms with Crippen LogP contribution in [0.2, 0.25) is 0 Å². The van der Waals surface area contributed by atoms with Gasteiger partial charge in [0.05, 0.1) is 15.5 Å². The van der Waals surface area contributed by atoms with E-state index in [1.807, 2.05) is 0 Å². The number of hydrogen-bond donors (Lipinski definition) is 4. The molecule has 0 unspecified atom stereocenters. The molecule has 1 aliphatic rings. The first-order valence-corrected chi connectivity index (χ1v) is 12.4. The summed E-state index contributed by atoms with van der Waals surface area (Å²) in [6, 6.07) is 10.3. The molecule has 0 atom stereocenters. The molecule has 0 heterocycles. The number of carbonyl (C=O) groups is 1. The van der Waals surface area contributed by atoms with Crippen LogP contribution in [0, 0.1) is 6.92 Å². The van der Waals surface area contributed by atoms with Crippen LogP contribution in [0.3, 0.4) is 0 Å². The maximum absolute atomic E-state index is 12.5. The van der Waals surface area contributed by atoms with E-state index >= 15 is 0 Å². The topological polar surface area (TPSA) is 133 Å². The summed E-state index contributed by atoms with van der Waals surface area (Å²) in [7, 11) is -7.23. The van der Waals surface area contributed by atoms with E-state index in [1.54, 1.807) is 19.9 Å². The number of sulfonamides is 2. The highest BCUT2D eigenvalue weighted by Gasteiger charge is 2.27. The summed E-state index contributed by atoms with van der Waals surface area (Å²) in [5.74, 6) is -0.520. The lowest BCUT2D eigenvalue weighted by Crippen LogP contribution is -2.30. The second-order valence-electron chi connectivity index (χ2n) is 6.98. The molecule has 1 amide bonds. The largest absolute Gasteiger partial charge is 0.298 e. The smallest absolute Gasteiger partial charge is 0.269 e. The fourth-order valence-electron chi connectivity index (χ4n) is 2.69. The Balaban J connectivity index is 1.68. The molecule has 1 saturated carbocycles. The molecule has 30 heavy (non-hydrogen) atoms. The summed E-state index contributed by atoms with van der Waals surface area (Å²) in [5, 5.41) is 0. The SMILES string of the molecule is CCNS(=O)(=O)c1ccc(C)c(C(=O)NNc2ccc(S(=O)(=O)NC3CC3)cc2)c1. The quantitative estimate of drug-likeness (QED) is 0.426. The number of aryl methyl sites for hydroxylation is 1. The van der Waals surface area contributed by atoms with Crippen molar-refractivity contribution in [1.82, 2.24) is 14.9 Å². The number of anilines is 1. The highest BCUT2D eigenvalue weighted by molar-refractivity contribution is 7.89. The second-order valence-corrected chi connectivity index (χ2v) is 10.5. The van der Waals surface area contributed by atoms with Gasteiger partial charge in [0.15, 0.2) is 0 Å². The highest BCUT2D eigenvalue weighted by Crippen LogP contribution is 2.23. The van der Waals surface area contributed by atoms with Crippen molar-refractivity contribution < 1.29 is 21.6 Å². The van der Waals surface area contributed by atoms with Crippen LogP contribution in [0.25, 0.3) is 0 Å². The van der Waals surface area contributed by atoms with E-state index in [4.69, 9.17) is 0 Å². The Morgan fingerprint density at radius 2 is 1.60 bits per heavy atom. The monoisotopic (exact) mass is 452 g/mol. The van der Waals surface area contributed by atoms with Gasteiger partial charge in [0, 0.05) is 18.2 Å². The van der Waals surface area contributed by atoms with Crippen molar-refractivity contribution in [2.45, 2.75) is 42.5 Å². The Bertz CT molecular complexity index is 1140. The Labute approximate surface area is 176 Å². The van der Waals surface area contributed by atoms with Gasteiger partial charge in [0.1, 0.15) is 0 Å². The lowest BCUT2D eigenvalue weighted by molar-refractivity contribution is 0.0962. The molecule has 162 valence electrons. The minimum Gasteiger partial charge on any atom is -0.298 e. The van der Waals surface area contributed by atoms with Gasteiger partial charge in [0.25, 0.3) is 5.91 Å². The maximum Gasteiger partial charge on any atom is 0.269 e. The fraction of sp³-hybridized carbons (Fsp3) is 0.316. The number of hydrazine groups is 1. The highest BCUT2D eigenvalue weighted by atomic mass is 32.2. The van der Waals surface area contributed by atoms with Crippen molar-refractivity contribution in [3.8, 4) is 0 Å². The van der Waals surface area contributed by atoms with Gasteiger partial charge in [0.2, 0.25) is 20.0 Å². The average molecular weight is 453 g/mol.